The molecule has 0 aliphatic heterocycles. The number of carbonyl (C=O) groups excluding carboxylic acids is 1. The fraction of sp³-hybridized carbons (Fsp3) is 0.417. The average molecular weight is 286 g/mol. The molecule has 0 spiro atoms. The van der Waals surface area contributed by atoms with Gasteiger partial charge in [0.05, 0.1) is 11.5 Å². The summed E-state index contributed by atoms with van der Waals surface area (Å²) < 4.78 is 28.5. The molecule has 0 aliphatic rings. The Balaban J connectivity index is 2.31. The van der Waals surface area contributed by atoms with Crippen LogP contribution in [0.3, 0.4) is 0 Å². The van der Waals surface area contributed by atoms with Crippen molar-refractivity contribution in [1.29, 1.82) is 0 Å². The maximum Gasteiger partial charge on any atom is 0.216 e. The summed E-state index contributed by atoms with van der Waals surface area (Å²) in [5.74, 6) is 0.161. The summed E-state index contributed by atoms with van der Waals surface area (Å²) in [4.78, 5) is 10.6. The Labute approximate surface area is 112 Å². The van der Waals surface area contributed by atoms with E-state index >= 15 is 0 Å². The van der Waals surface area contributed by atoms with Crippen LogP contribution in [0.1, 0.15) is 6.92 Å². The Morgan fingerprint density at radius 1 is 1.26 bits per heavy atom. The molecule has 0 radical (unpaired) electrons. The summed E-state index contributed by atoms with van der Waals surface area (Å²) in [6, 6.07) is 6.72. The summed E-state index contributed by atoms with van der Waals surface area (Å²) in [6.45, 7) is 1.54. The highest BCUT2D eigenvalue weighted by atomic mass is 32.2. The first kappa shape index (κ1) is 15.3. The highest BCUT2D eigenvalue weighted by Crippen LogP contribution is 2.12. The number of amides is 1. The molecule has 0 saturated heterocycles. The van der Waals surface area contributed by atoms with E-state index in [1.807, 2.05) is 0 Å². The van der Waals surface area contributed by atoms with Gasteiger partial charge < -0.3 is 15.8 Å². The van der Waals surface area contributed by atoms with Crippen LogP contribution in [-0.4, -0.2) is 39.0 Å². The molecule has 1 aromatic rings. The number of rotatable bonds is 7. The summed E-state index contributed by atoms with van der Waals surface area (Å²) in [5.41, 5.74) is 6.14. The predicted octanol–water partition coefficient (Wildman–Crippen LogP) is 0.199. The largest absolute Gasteiger partial charge is 0.493 e. The van der Waals surface area contributed by atoms with Gasteiger partial charge in [-0.1, -0.05) is 0 Å². The molecule has 0 heterocycles. The summed E-state index contributed by atoms with van der Waals surface area (Å²) in [6.07, 6.45) is 0. The third-order valence-electron chi connectivity index (χ3n) is 2.33. The Kier molecular flexibility index (Phi) is 5.62. The van der Waals surface area contributed by atoms with Crippen molar-refractivity contribution >= 4 is 21.4 Å². The standard InChI is InChI=1S/C12H18N2O4S/c1-10(15)14-6-8-19(16,17)9-7-18-12-4-2-11(13)3-5-12/h2-5H,6-9,13H2,1H3,(H,14,15). The zero-order valence-electron chi connectivity index (χ0n) is 10.8. The van der Waals surface area contributed by atoms with E-state index in [2.05, 4.69) is 5.32 Å². The minimum absolute atomic E-state index is 0.0757. The lowest BCUT2D eigenvalue weighted by molar-refractivity contribution is -0.118. The van der Waals surface area contributed by atoms with Gasteiger partial charge in [-0.25, -0.2) is 8.42 Å². The van der Waals surface area contributed by atoms with Crippen LogP contribution in [-0.2, 0) is 14.6 Å². The van der Waals surface area contributed by atoms with Crippen LogP contribution in [0, 0.1) is 0 Å². The number of ether oxygens (including phenoxy) is 1. The van der Waals surface area contributed by atoms with E-state index in [-0.39, 0.29) is 30.6 Å². The van der Waals surface area contributed by atoms with Crippen molar-refractivity contribution in [3.05, 3.63) is 24.3 Å². The molecule has 0 fully saturated rings. The minimum atomic E-state index is -3.22. The van der Waals surface area contributed by atoms with Crippen molar-refractivity contribution in [2.75, 3.05) is 30.4 Å². The monoisotopic (exact) mass is 286 g/mol. The van der Waals surface area contributed by atoms with E-state index in [4.69, 9.17) is 10.5 Å². The summed E-state index contributed by atoms with van der Waals surface area (Å²) >= 11 is 0. The number of hydrogen-bond donors (Lipinski definition) is 2. The average Bonchev–Trinajstić information content (AvgIpc) is 2.30. The van der Waals surface area contributed by atoms with Gasteiger partial charge in [-0.05, 0) is 24.3 Å². The molecular formula is C12H18N2O4S. The normalized spacial score (nSPS) is 11.0. The molecule has 0 saturated carbocycles. The molecule has 106 valence electrons. The molecule has 0 atom stereocenters. The molecule has 0 aliphatic carbocycles. The second-order valence-electron chi connectivity index (χ2n) is 4.05. The first-order valence-corrected chi connectivity index (χ1v) is 7.64. The van der Waals surface area contributed by atoms with Gasteiger partial charge in [-0.2, -0.15) is 0 Å². The number of nitrogen functional groups attached to an aromatic ring is 1. The fourth-order valence-corrected chi connectivity index (χ4v) is 2.29. The van der Waals surface area contributed by atoms with E-state index in [1.54, 1.807) is 24.3 Å². The molecule has 19 heavy (non-hydrogen) atoms. The minimum Gasteiger partial charge on any atom is -0.493 e. The van der Waals surface area contributed by atoms with Gasteiger partial charge in [-0.15, -0.1) is 0 Å². The lowest BCUT2D eigenvalue weighted by atomic mass is 10.3. The van der Waals surface area contributed by atoms with Crippen molar-refractivity contribution in [3.63, 3.8) is 0 Å². The van der Waals surface area contributed by atoms with Crippen LogP contribution >= 0.6 is 0 Å². The number of carbonyl (C=O) groups is 1. The van der Waals surface area contributed by atoms with Crippen molar-refractivity contribution in [3.8, 4) is 5.75 Å². The number of sulfone groups is 1. The van der Waals surface area contributed by atoms with Gasteiger partial charge in [0.25, 0.3) is 0 Å². The quantitative estimate of drug-likeness (QED) is 0.698. The maximum absolute atomic E-state index is 11.6. The van der Waals surface area contributed by atoms with Crippen LogP contribution in [0.5, 0.6) is 5.75 Å². The second kappa shape index (κ2) is 6.98. The predicted molar refractivity (Wildman–Crippen MR) is 73.7 cm³/mol. The third kappa shape index (κ3) is 6.66. The smallest absolute Gasteiger partial charge is 0.216 e. The molecule has 0 unspecified atom stereocenters. The summed E-state index contributed by atoms with van der Waals surface area (Å²) in [5, 5.41) is 2.44. The molecule has 3 N–H and O–H groups in total. The third-order valence-corrected chi connectivity index (χ3v) is 3.94. The van der Waals surface area contributed by atoms with E-state index in [0.717, 1.165) is 0 Å². The lowest BCUT2D eigenvalue weighted by Gasteiger charge is -2.07. The van der Waals surface area contributed by atoms with Crippen molar-refractivity contribution in [2.24, 2.45) is 0 Å². The molecule has 7 heteroatoms. The van der Waals surface area contributed by atoms with Gasteiger partial charge in [0.15, 0.2) is 9.84 Å². The van der Waals surface area contributed by atoms with E-state index in [9.17, 15) is 13.2 Å². The molecule has 6 nitrogen and oxygen atoms in total. The Morgan fingerprint density at radius 2 is 1.89 bits per heavy atom. The van der Waals surface area contributed by atoms with E-state index < -0.39 is 9.84 Å². The molecule has 0 bridgehead atoms. The Bertz CT molecular complexity index is 511. The topological polar surface area (TPSA) is 98.5 Å². The van der Waals surface area contributed by atoms with E-state index in [1.165, 1.54) is 6.92 Å². The van der Waals surface area contributed by atoms with Gasteiger partial charge in [-0.3, -0.25) is 4.79 Å². The number of anilines is 1. The van der Waals surface area contributed by atoms with Gasteiger partial charge in [0.1, 0.15) is 12.4 Å². The van der Waals surface area contributed by atoms with E-state index in [0.29, 0.717) is 11.4 Å². The van der Waals surface area contributed by atoms with Crippen LogP contribution < -0.4 is 15.8 Å². The van der Waals surface area contributed by atoms with Crippen molar-refractivity contribution in [2.45, 2.75) is 6.92 Å². The number of nitrogens with two attached hydrogens (primary N) is 1. The molecule has 1 amide bonds. The van der Waals surface area contributed by atoms with Gasteiger partial charge in [0.2, 0.25) is 5.91 Å². The first-order chi connectivity index (χ1) is 8.89. The lowest BCUT2D eigenvalue weighted by Crippen LogP contribution is -2.29. The number of nitrogens with one attached hydrogen (secondary N) is 1. The zero-order chi connectivity index (χ0) is 14.3. The van der Waals surface area contributed by atoms with Crippen molar-refractivity contribution in [1.82, 2.24) is 5.32 Å². The molecule has 0 aromatic heterocycles. The Hall–Kier alpha value is -1.76. The Morgan fingerprint density at radius 3 is 2.47 bits per heavy atom. The molecule has 1 rings (SSSR count). The van der Waals surface area contributed by atoms with Crippen LogP contribution in [0.25, 0.3) is 0 Å². The zero-order valence-corrected chi connectivity index (χ0v) is 11.6. The van der Waals surface area contributed by atoms with Crippen LogP contribution in [0.2, 0.25) is 0 Å². The van der Waals surface area contributed by atoms with Gasteiger partial charge >= 0.3 is 0 Å². The molecular weight excluding hydrogens is 268 g/mol. The summed E-state index contributed by atoms with van der Waals surface area (Å²) in [7, 11) is -3.22. The van der Waals surface area contributed by atoms with Crippen LogP contribution in [0.4, 0.5) is 5.69 Å². The second-order valence-corrected chi connectivity index (χ2v) is 6.36. The molecule has 1 aromatic carbocycles. The maximum atomic E-state index is 11.6. The number of benzene rings is 1. The SMILES string of the molecule is CC(=O)NCCS(=O)(=O)CCOc1ccc(N)cc1. The fourth-order valence-electron chi connectivity index (χ4n) is 1.34. The highest BCUT2D eigenvalue weighted by molar-refractivity contribution is 7.91. The van der Waals surface area contributed by atoms with Gasteiger partial charge in [0, 0.05) is 19.2 Å². The van der Waals surface area contributed by atoms with Crippen molar-refractivity contribution < 1.29 is 17.9 Å². The first-order valence-electron chi connectivity index (χ1n) is 5.82. The van der Waals surface area contributed by atoms with Crippen LogP contribution in [0.15, 0.2) is 24.3 Å². The highest BCUT2D eigenvalue weighted by Gasteiger charge is 2.11. The number of hydrogen-bond acceptors (Lipinski definition) is 5.